The third-order valence-corrected chi connectivity index (χ3v) is 6.59. The average Bonchev–Trinajstić information content (AvgIpc) is 3.35. The van der Waals surface area contributed by atoms with Crippen LogP contribution >= 0.6 is 0 Å². The number of pyridine rings is 1. The molecule has 1 amide bonds. The molecular formula is C26H31N5O5. The molecule has 4 rings (SSSR count). The lowest BCUT2D eigenvalue weighted by Crippen LogP contribution is -2.50. The van der Waals surface area contributed by atoms with Gasteiger partial charge < -0.3 is 19.8 Å². The van der Waals surface area contributed by atoms with Crippen molar-refractivity contribution in [3.8, 4) is 17.0 Å². The van der Waals surface area contributed by atoms with Crippen molar-refractivity contribution < 1.29 is 18.9 Å². The van der Waals surface area contributed by atoms with Gasteiger partial charge >= 0.3 is 0 Å². The van der Waals surface area contributed by atoms with Gasteiger partial charge in [0.25, 0.3) is 11.7 Å². The second-order valence-corrected chi connectivity index (χ2v) is 9.56. The highest BCUT2D eigenvalue weighted by atomic mass is 16.6. The summed E-state index contributed by atoms with van der Waals surface area (Å²) >= 11 is 0. The van der Waals surface area contributed by atoms with Gasteiger partial charge in [0, 0.05) is 17.7 Å². The van der Waals surface area contributed by atoms with Crippen LogP contribution in [0, 0.1) is 16.0 Å². The van der Waals surface area contributed by atoms with Crippen molar-refractivity contribution in [1.82, 2.24) is 15.3 Å². The van der Waals surface area contributed by atoms with E-state index in [0.717, 1.165) is 31.4 Å². The number of benzene rings is 1. The number of anilines is 1. The molecule has 10 nitrogen and oxygen atoms in total. The molecule has 2 heterocycles. The maximum absolute atomic E-state index is 13.4. The number of ether oxygens (including phenoxy) is 1. The van der Waals surface area contributed by atoms with Gasteiger partial charge in [-0.1, -0.05) is 19.3 Å². The summed E-state index contributed by atoms with van der Waals surface area (Å²) in [5.74, 6) is 0.767. The van der Waals surface area contributed by atoms with Crippen molar-refractivity contribution in [1.29, 1.82) is 0 Å². The van der Waals surface area contributed by atoms with Crippen LogP contribution in [0.5, 0.6) is 5.75 Å². The van der Waals surface area contributed by atoms with Crippen molar-refractivity contribution in [2.75, 3.05) is 12.4 Å². The molecule has 1 aromatic carbocycles. The Morgan fingerprint density at radius 1 is 1.17 bits per heavy atom. The fourth-order valence-electron chi connectivity index (χ4n) is 4.46. The van der Waals surface area contributed by atoms with Crippen LogP contribution in [0.2, 0.25) is 0 Å². The van der Waals surface area contributed by atoms with Crippen LogP contribution in [0.4, 0.5) is 11.7 Å². The standard InChI is InChI=1S/C26H31N5O5/c1-26(2,30-25-28-22(16-36-25)17-9-11-19(12-10-17)31(33)34)24(32)29-23(18-7-5-4-6-8-18)21-14-13-20(35-3)15-27-21/h9-16,18,23H,4-8H2,1-3H3,(H,28,30)(H,29,32). The first-order chi connectivity index (χ1) is 17.3. The number of aromatic nitrogens is 2. The molecule has 10 heteroatoms. The number of nitro benzene ring substituents is 1. The molecule has 1 aliphatic rings. The summed E-state index contributed by atoms with van der Waals surface area (Å²) in [4.78, 5) is 32.8. The van der Waals surface area contributed by atoms with Crippen molar-refractivity contribution in [3.63, 3.8) is 0 Å². The summed E-state index contributed by atoms with van der Waals surface area (Å²) < 4.78 is 10.8. The maximum atomic E-state index is 13.4. The number of hydrogen-bond donors (Lipinski definition) is 2. The fraction of sp³-hybridized carbons (Fsp3) is 0.423. The summed E-state index contributed by atoms with van der Waals surface area (Å²) in [6.07, 6.45) is 8.67. The highest BCUT2D eigenvalue weighted by Crippen LogP contribution is 2.35. The van der Waals surface area contributed by atoms with Gasteiger partial charge in [-0.15, -0.1) is 0 Å². The number of carbonyl (C=O) groups is 1. The molecule has 3 aromatic rings. The second-order valence-electron chi connectivity index (χ2n) is 9.56. The number of oxazole rings is 1. The highest BCUT2D eigenvalue weighted by molar-refractivity contribution is 5.88. The number of non-ortho nitro benzene ring substituents is 1. The summed E-state index contributed by atoms with van der Waals surface area (Å²) in [5, 5.41) is 17.2. The van der Waals surface area contributed by atoms with E-state index in [1.807, 2.05) is 12.1 Å². The Hall–Kier alpha value is -3.95. The summed E-state index contributed by atoms with van der Waals surface area (Å²) in [5.41, 5.74) is 0.950. The largest absolute Gasteiger partial charge is 0.495 e. The first-order valence-electron chi connectivity index (χ1n) is 12.1. The van der Waals surface area contributed by atoms with E-state index in [1.165, 1.54) is 24.8 Å². The summed E-state index contributed by atoms with van der Waals surface area (Å²) in [7, 11) is 1.60. The smallest absolute Gasteiger partial charge is 0.295 e. The predicted octanol–water partition coefficient (Wildman–Crippen LogP) is 5.28. The van der Waals surface area contributed by atoms with E-state index in [0.29, 0.717) is 22.9 Å². The zero-order valence-electron chi connectivity index (χ0n) is 20.7. The number of rotatable bonds is 9. The highest BCUT2D eigenvalue weighted by Gasteiger charge is 2.34. The van der Waals surface area contributed by atoms with E-state index in [-0.39, 0.29) is 23.7 Å². The Kier molecular flexibility index (Phi) is 7.52. The van der Waals surface area contributed by atoms with E-state index in [9.17, 15) is 14.9 Å². The van der Waals surface area contributed by atoms with Gasteiger partial charge in [0.15, 0.2) is 0 Å². The average molecular weight is 494 g/mol. The molecule has 190 valence electrons. The van der Waals surface area contributed by atoms with Gasteiger partial charge in [-0.2, -0.15) is 4.98 Å². The van der Waals surface area contributed by atoms with Crippen LogP contribution in [0.3, 0.4) is 0 Å². The van der Waals surface area contributed by atoms with Crippen LogP contribution in [-0.4, -0.2) is 33.4 Å². The van der Waals surface area contributed by atoms with Crippen molar-refractivity contribution in [2.45, 2.75) is 57.5 Å². The first-order valence-corrected chi connectivity index (χ1v) is 12.1. The molecule has 2 N–H and O–H groups in total. The Bertz CT molecular complexity index is 1180. The molecule has 1 aliphatic carbocycles. The molecule has 2 aromatic heterocycles. The lowest BCUT2D eigenvalue weighted by atomic mass is 9.82. The number of amides is 1. The van der Waals surface area contributed by atoms with Crippen LogP contribution in [0.1, 0.15) is 57.7 Å². The third kappa shape index (κ3) is 5.81. The van der Waals surface area contributed by atoms with E-state index >= 15 is 0 Å². The van der Waals surface area contributed by atoms with E-state index in [4.69, 9.17) is 9.15 Å². The minimum absolute atomic E-state index is 0.00253. The van der Waals surface area contributed by atoms with Gasteiger partial charge in [0.05, 0.1) is 30.0 Å². The number of nitro groups is 1. The van der Waals surface area contributed by atoms with Gasteiger partial charge in [-0.05, 0) is 56.9 Å². The van der Waals surface area contributed by atoms with E-state index < -0.39 is 10.5 Å². The van der Waals surface area contributed by atoms with Gasteiger partial charge in [-0.3, -0.25) is 19.9 Å². The summed E-state index contributed by atoms with van der Waals surface area (Å²) in [6.45, 7) is 3.52. The molecule has 0 radical (unpaired) electrons. The maximum Gasteiger partial charge on any atom is 0.295 e. The minimum atomic E-state index is -1.03. The van der Waals surface area contributed by atoms with Crippen molar-refractivity contribution >= 4 is 17.6 Å². The normalized spacial score (nSPS) is 15.2. The Balaban J connectivity index is 1.48. The lowest BCUT2D eigenvalue weighted by molar-refractivity contribution is -0.384. The minimum Gasteiger partial charge on any atom is -0.495 e. The number of methoxy groups -OCH3 is 1. The van der Waals surface area contributed by atoms with Crippen LogP contribution in [0.15, 0.2) is 53.3 Å². The van der Waals surface area contributed by atoms with Crippen LogP contribution < -0.4 is 15.4 Å². The number of nitrogens with zero attached hydrogens (tertiary/aromatic N) is 3. The quantitative estimate of drug-likeness (QED) is 0.304. The van der Waals surface area contributed by atoms with Crippen LogP contribution in [-0.2, 0) is 4.79 Å². The molecule has 1 unspecified atom stereocenters. The van der Waals surface area contributed by atoms with Gasteiger partial charge in [-0.25, -0.2) is 0 Å². The number of carbonyl (C=O) groups excluding carboxylic acids is 1. The molecule has 0 aliphatic heterocycles. The molecule has 0 bridgehead atoms. The van der Waals surface area contributed by atoms with Gasteiger partial charge in [0.2, 0.25) is 5.91 Å². The Morgan fingerprint density at radius 2 is 1.89 bits per heavy atom. The van der Waals surface area contributed by atoms with Gasteiger partial charge in [0.1, 0.15) is 23.2 Å². The Morgan fingerprint density at radius 3 is 2.50 bits per heavy atom. The van der Waals surface area contributed by atoms with E-state index in [2.05, 4.69) is 20.6 Å². The zero-order chi connectivity index (χ0) is 25.7. The summed E-state index contributed by atoms with van der Waals surface area (Å²) in [6, 6.07) is 9.76. The van der Waals surface area contributed by atoms with Crippen molar-refractivity contribution in [3.05, 3.63) is 64.7 Å². The second kappa shape index (κ2) is 10.8. The monoisotopic (exact) mass is 493 g/mol. The SMILES string of the molecule is COc1ccc(C(NC(=O)C(C)(C)Nc2nc(-c3ccc([N+](=O)[O-])cc3)co2)C2CCCCC2)nc1. The molecular weight excluding hydrogens is 462 g/mol. The van der Waals surface area contributed by atoms with Crippen molar-refractivity contribution in [2.24, 2.45) is 5.92 Å². The molecule has 1 fully saturated rings. The zero-order valence-corrected chi connectivity index (χ0v) is 20.7. The molecule has 36 heavy (non-hydrogen) atoms. The third-order valence-electron chi connectivity index (χ3n) is 6.59. The lowest BCUT2D eigenvalue weighted by Gasteiger charge is -2.33. The number of hydrogen-bond acceptors (Lipinski definition) is 8. The molecule has 1 atom stereocenters. The fourth-order valence-corrected chi connectivity index (χ4v) is 4.46. The topological polar surface area (TPSA) is 132 Å². The Labute approximate surface area is 209 Å². The van der Waals surface area contributed by atoms with Crippen LogP contribution in [0.25, 0.3) is 11.3 Å². The number of nitrogens with one attached hydrogen (secondary N) is 2. The molecule has 0 spiro atoms. The molecule has 1 saturated carbocycles. The first kappa shape index (κ1) is 25.2. The molecule has 0 saturated heterocycles. The predicted molar refractivity (Wildman–Crippen MR) is 135 cm³/mol. The van der Waals surface area contributed by atoms with E-state index in [1.54, 1.807) is 39.3 Å².